The van der Waals surface area contributed by atoms with Gasteiger partial charge in [-0.25, -0.2) is 9.78 Å². The Labute approximate surface area is 241 Å². The molecule has 0 saturated heterocycles. The van der Waals surface area contributed by atoms with Crippen LogP contribution in [0.1, 0.15) is 19.4 Å². The molecule has 41 heavy (non-hydrogen) atoms. The molecule has 2 aromatic heterocycles. The molecule has 0 bridgehead atoms. The van der Waals surface area contributed by atoms with Gasteiger partial charge in [-0.3, -0.25) is 14.9 Å². The van der Waals surface area contributed by atoms with E-state index in [4.69, 9.17) is 37.1 Å². The summed E-state index contributed by atoms with van der Waals surface area (Å²) in [4.78, 5) is 41.2. The van der Waals surface area contributed by atoms with Crippen molar-refractivity contribution in [3.05, 3.63) is 96.7 Å². The molecule has 208 valence electrons. The summed E-state index contributed by atoms with van der Waals surface area (Å²) in [5.41, 5.74) is 0.128. The number of nitro groups is 1. The second kappa shape index (κ2) is 11.4. The summed E-state index contributed by atoms with van der Waals surface area (Å²) in [5.74, 6) is -0.656. The topological polar surface area (TPSA) is 139 Å². The largest absolute Gasteiger partial charge is 0.471 e. The van der Waals surface area contributed by atoms with Gasteiger partial charge in [0.2, 0.25) is 11.6 Å². The van der Waals surface area contributed by atoms with E-state index in [2.05, 4.69) is 10.1 Å². The fourth-order valence-electron chi connectivity index (χ4n) is 4.05. The molecule has 0 amide bonds. The molecular formula is C28H20Cl2N4O7. The van der Waals surface area contributed by atoms with Gasteiger partial charge in [0.25, 0.3) is 5.56 Å². The summed E-state index contributed by atoms with van der Waals surface area (Å²) in [5, 5.41) is 17.5. The molecule has 0 aliphatic heterocycles. The van der Waals surface area contributed by atoms with Gasteiger partial charge in [-0.2, -0.15) is 9.78 Å². The first-order valence-electron chi connectivity index (χ1n) is 12.2. The van der Waals surface area contributed by atoms with Crippen LogP contribution in [-0.4, -0.2) is 39.5 Å². The summed E-state index contributed by atoms with van der Waals surface area (Å²) < 4.78 is 17.3. The number of fused-ring (bicyclic) bond motifs is 2. The molecule has 0 radical (unpaired) electrons. The smallest absolute Gasteiger partial charge is 0.347 e. The molecular weight excluding hydrogens is 575 g/mol. The zero-order valence-electron chi connectivity index (χ0n) is 21.5. The summed E-state index contributed by atoms with van der Waals surface area (Å²) in [6.07, 6.45) is 0.0763. The van der Waals surface area contributed by atoms with E-state index < -0.39 is 28.2 Å². The highest BCUT2D eigenvalue weighted by atomic mass is 35.5. The maximum atomic E-state index is 13.5. The van der Waals surface area contributed by atoms with Crippen molar-refractivity contribution in [2.24, 2.45) is 5.10 Å². The Balaban J connectivity index is 1.61. The summed E-state index contributed by atoms with van der Waals surface area (Å²) in [6, 6.07) is 16.0. The highest BCUT2D eigenvalue weighted by molar-refractivity contribution is 6.32. The molecule has 5 rings (SSSR count). The van der Waals surface area contributed by atoms with E-state index in [-0.39, 0.29) is 34.5 Å². The minimum Gasteiger partial charge on any atom is -0.471 e. The number of esters is 1. The highest BCUT2D eigenvalue weighted by Gasteiger charge is 2.26. The summed E-state index contributed by atoms with van der Waals surface area (Å²) >= 11 is 12.4. The quantitative estimate of drug-likeness (QED) is 0.0890. The first-order chi connectivity index (χ1) is 19.7. The van der Waals surface area contributed by atoms with Crippen molar-refractivity contribution in [2.75, 3.05) is 6.61 Å². The first kappa shape index (κ1) is 27.8. The van der Waals surface area contributed by atoms with Crippen LogP contribution < -0.4 is 10.3 Å². The third kappa shape index (κ3) is 5.63. The zero-order valence-corrected chi connectivity index (χ0v) is 23.0. The average molecular weight is 595 g/mol. The SMILES string of the molecule is CCOC(=O)[C@H](C)Oc1c(Cl)cc(C=Nn2c(-c3cc4cc(Cl)ccc4o3)nc3ccccc3c2=O)cc1[N+](=O)[O-]. The number of benzene rings is 3. The number of halogens is 2. The number of ether oxygens (including phenoxy) is 2. The van der Waals surface area contributed by atoms with Gasteiger partial charge < -0.3 is 13.9 Å². The lowest BCUT2D eigenvalue weighted by Crippen LogP contribution is -2.26. The van der Waals surface area contributed by atoms with Gasteiger partial charge in [-0.05, 0) is 56.3 Å². The number of nitro benzene ring substituents is 1. The van der Waals surface area contributed by atoms with Crippen LogP contribution in [0.5, 0.6) is 5.75 Å². The number of furan rings is 1. The van der Waals surface area contributed by atoms with Gasteiger partial charge in [-0.15, -0.1) is 0 Å². The lowest BCUT2D eigenvalue weighted by molar-refractivity contribution is -0.386. The lowest BCUT2D eigenvalue weighted by atomic mass is 10.2. The predicted molar refractivity (Wildman–Crippen MR) is 154 cm³/mol. The van der Waals surface area contributed by atoms with Gasteiger partial charge >= 0.3 is 11.7 Å². The second-order valence-electron chi connectivity index (χ2n) is 8.73. The third-order valence-corrected chi connectivity index (χ3v) is 6.45. The van der Waals surface area contributed by atoms with E-state index in [1.54, 1.807) is 55.5 Å². The van der Waals surface area contributed by atoms with Crippen LogP contribution >= 0.6 is 23.2 Å². The minimum atomic E-state index is -1.14. The average Bonchev–Trinajstić information content (AvgIpc) is 3.36. The number of carbonyl (C=O) groups excluding carboxylic acids is 1. The van der Waals surface area contributed by atoms with Crippen molar-refractivity contribution in [1.82, 2.24) is 9.66 Å². The van der Waals surface area contributed by atoms with Crippen LogP contribution in [-0.2, 0) is 9.53 Å². The molecule has 0 aliphatic rings. The molecule has 0 aliphatic carbocycles. The van der Waals surface area contributed by atoms with Crippen LogP contribution in [0.15, 0.2) is 75.0 Å². The Bertz CT molecular complexity index is 1920. The number of nitrogens with zero attached hydrogens (tertiary/aromatic N) is 4. The Hall–Kier alpha value is -4.74. The van der Waals surface area contributed by atoms with Crippen LogP contribution in [0, 0.1) is 10.1 Å². The van der Waals surface area contributed by atoms with E-state index in [1.807, 2.05) is 0 Å². The maximum absolute atomic E-state index is 13.5. The molecule has 0 fully saturated rings. The van der Waals surface area contributed by atoms with Crippen LogP contribution in [0.3, 0.4) is 0 Å². The monoisotopic (exact) mass is 594 g/mol. The van der Waals surface area contributed by atoms with Crippen LogP contribution in [0.25, 0.3) is 33.5 Å². The molecule has 0 saturated carbocycles. The molecule has 1 atom stereocenters. The normalized spacial score (nSPS) is 12.2. The minimum absolute atomic E-state index is 0.0982. The molecule has 0 N–H and O–H groups in total. The van der Waals surface area contributed by atoms with Crippen molar-refractivity contribution in [3.63, 3.8) is 0 Å². The van der Waals surface area contributed by atoms with Gasteiger partial charge in [-0.1, -0.05) is 35.3 Å². The molecule has 5 aromatic rings. The van der Waals surface area contributed by atoms with Gasteiger partial charge in [0.15, 0.2) is 11.9 Å². The lowest BCUT2D eigenvalue weighted by Gasteiger charge is -2.14. The van der Waals surface area contributed by atoms with Crippen molar-refractivity contribution in [2.45, 2.75) is 20.0 Å². The van der Waals surface area contributed by atoms with Crippen LogP contribution in [0.2, 0.25) is 10.0 Å². The van der Waals surface area contributed by atoms with E-state index >= 15 is 0 Å². The number of carbonyl (C=O) groups is 1. The van der Waals surface area contributed by atoms with Crippen molar-refractivity contribution < 1.29 is 23.6 Å². The first-order valence-corrected chi connectivity index (χ1v) is 13.0. The standard InChI is InChI=1S/C28H20Cl2N4O7/c1-3-39-28(36)15(2)40-25-20(30)10-16(11-22(25)34(37)38)14-31-33-26(32-21-7-5-4-6-19(21)27(33)35)24-13-17-12-18(29)8-9-23(17)41-24/h4-15H,3H2,1-2H3/t15-/m0/s1. The number of para-hydroxylation sites is 1. The summed E-state index contributed by atoms with van der Waals surface area (Å²) in [6.45, 7) is 3.13. The van der Waals surface area contributed by atoms with E-state index in [0.717, 1.165) is 10.7 Å². The predicted octanol–water partition coefficient (Wildman–Crippen LogP) is 6.24. The van der Waals surface area contributed by atoms with Crippen molar-refractivity contribution >= 4 is 62.9 Å². The van der Waals surface area contributed by atoms with Crippen molar-refractivity contribution in [1.29, 1.82) is 0 Å². The Kier molecular flexibility index (Phi) is 7.73. The molecule has 0 unspecified atom stereocenters. The van der Waals surface area contributed by atoms with E-state index in [1.165, 1.54) is 19.2 Å². The fourth-order valence-corrected chi connectivity index (χ4v) is 4.50. The number of hydrogen-bond acceptors (Lipinski definition) is 9. The zero-order chi connectivity index (χ0) is 29.3. The maximum Gasteiger partial charge on any atom is 0.347 e. The number of aromatic nitrogens is 2. The van der Waals surface area contributed by atoms with E-state index in [0.29, 0.717) is 26.9 Å². The Morgan fingerprint density at radius 1 is 1.20 bits per heavy atom. The van der Waals surface area contributed by atoms with Gasteiger partial charge in [0.1, 0.15) is 5.58 Å². The molecule has 3 aromatic carbocycles. The van der Waals surface area contributed by atoms with Gasteiger partial charge in [0.05, 0.1) is 33.7 Å². The van der Waals surface area contributed by atoms with Crippen LogP contribution in [0.4, 0.5) is 5.69 Å². The Morgan fingerprint density at radius 2 is 1.98 bits per heavy atom. The molecule has 2 heterocycles. The second-order valence-corrected chi connectivity index (χ2v) is 9.57. The van der Waals surface area contributed by atoms with Gasteiger partial charge in [0, 0.05) is 22.0 Å². The molecule has 0 spiro atoms. The highest BCUT2D eigenvalue weighted by Crippen LogP contribution is 2.37. The molecule has 11 nitrogen and oxygen atoms in total. The summed E-state index contributed by atoms with van der Waals surface area (Å²) in [7, 11) is 0. The number of rotatable bonds is 8. The Morgan fingerprint density at radius 3 is 2.73 bits per heavy atom. The fraction of sp³-hybridized carbons (Fsp3) is 0.143. The third-order valence-electron chi connectivity index (χ3n) is 5.93. The van der Waals surface area contributed by atoms with E-state index in [9.17, 15) is 19.7 Å². The van der Waals surface area contributed by atoms with Crippen molar-refractivity contribution in [3.8, 4) is 17.3 Å². The number of hydrogen-bond donors (Lipinski definition) is 0. The molecule has 13 heteroatoms.